The number of benzene rings is 1. The third-order valence-electron chi connectivity index (χ3n) is 3.44. The van der Waals surface area contributed by atoms with E-state index in [0.717, 1.165) is 17.4 Å². The predicted molar refractivity (Wildman–Crippen MR) is 96.8 cm³/mol. The Hall–Kier alpha value is -2.84. The molecule has 0 radical (unpaired) electrons. The van der Waals surface area contributed by atoms with E-state index < -0.39 is 5.91 Å². The first-order valence-corrected chi connectivity index (χ1v) is 8.40. The van der Waals surface area contributed by atoms with Crippen molar-refractivity contribution in [3.63, 3.8) is 0 Å². The second-order valence-electron chi connectivity index (χ2n) is 5.16. The van der Waals surface area contributed by atoms with E-state index in [1.807, 2.05) is 12.1 Å². The number of anilines is 2. The molecule has 1 aromatic carbocycles. The first kappa shape index (κ1) is 15.7. The highest BCUT2D eigenvalue weighted by Gasteiger charge is 2.25. The Morgan fingerprint density at radius 1 is 1.20 bits per heavy atom. The number of fused-ring (bicyclic) bond motifs is 1. The van der Waals surface area contributed by atoms with Crippen LogP contribution in [0.15, 0.2) is 47.6 Å². The summed E-state index contributed by atoms with van der Waals surface area (Å²) < 4.78 is 1.60. The van der Waals surface area contributed by atoms with Crippen molar-refractivity contribution < 1.29 is 9.59 Å². The van der Waals surface area contributed by atoms with Gasteiger partial charge in [-0.1, -0.05) is 11.6 Å². The predicted octanol–water partition coefficient (Wildman–Crippen LogP) is 3.45. The van der Waals surface area contributed by atoms with Crippen LogP contribution in [0.3, 0.4) is 0 Å². The van der Waals surface area contributed by atoms with E-state index in [-0.39, 0.29) is 5.24 Å². The fraction of sp³-hybridized carbons (Fsp3) is 0. The molecule has 7 nitrogen and oxygen atoms in total. The maximum Gasteiger partial charge on any atom is 0.290 e. The Balaban J connectivity index is 1.68. The van der Waals surface area contributed by atoms with Crippen molar-refractivity contribution in [2.24, 2.45) is 0 Å². The first-order valence-electron chi connectivity index (χ1n) is 7.20. The molecule has 124 valence electrons. The average molecular weight is 372 g/mol. The van der Waals surface area contributed by atoms with E-state index in [4.69, 9.17) is 11.6 Å². The number of rotatable bonds is 3. The molecule has 1 aliphatic rings. The number of amides is 2. The van der Waals surface area contributed by atoms with Crippen molar-refractivity contribution in [2.75, 3.05) is 5.32 Å². The zero-order chi connectivity index (χ0) is 17.4. The van der Waals surface area contributed by atoms with Crippen molar-refractivity contribution in [3.05, 3.63) is 58.2 Å². The number of carbonyl (C=O) groups excluding carboxylic acids is 2. The molecule has 0 spiro atoms. The third-order valence-corrected chi connectivity index (χ3v) is 4.50. The number of aromatic nitrogens is 3. The summed E-state index contributed by atoms with van der Waals surface area (Å²) in [6.07, 6.45) is 4.96. The van der Waals surface area contributed by atoms with Crippen LogP contribution in [-0.2, 0) is 4.79 Å². The lowest BCUT2D eigenvalue weighted by Crippen LogP contribution is -2.17. The number of hydrogen-bond acceptors (Lipinski definition) is 6. The highest BCUT2D eigenvalue weighted by molar-refractivity contribution is 8.18. The highest BCUT2D eigenvalue weighted by atomic mass is 35.5. The van der Waals surface area contributed by atoms with Crippen LogP contribution in [0.2, 0.25) is 5.02 Å². The molecular weight excluding hydrogens is 362 g/mol. The van der Waals surface area contributed by atoms with Crippen LogP contribution in [0.5, 0.6) is 0 Å². The summed E-state index contributed by atoms with van der Waals surface area (Å²) in [5.41, 5.74) is 2.06. The second kappa shape index (κ2) is 6.23. The summed E-state index contributed by atoms with van der Waals surface area (Å²) in [4.78, 5) is 27.8. The van der Waals surface area contributed by atoms with Gasteiger partial charge in [-0.25, -0.2) is 9.50 Å². The molecule has 2 aromatic heterocycles. The van der Waals surface area contributed by atoms with Gasteiger partial charge in [0.15, 0.2) is 5.65 Å². The molecule has 25 heavy (non-hydrogen) atoms. The highest BCUT2D eigenvalue weighted by Crippen LogP contribution is 2.27. The maximum absolute atomic E-state index is 11.7. The van der Waals surface area contributed by atoms with Crippen molar-refractivity contribution in [1.82, 2.24) is 19.9 Å². The molecule has 1 aliphatic heterocycles. The SMILES string of the molecule is O=C1NC(=O)/C(=C/c2cnn3ccc(Nc4ccc(Cl)cc4)nc23)S1. The van der Waals surface area contributed by atoms with Crippen molar-refractivity contribution in [1.29, 1.82) is 0 Å². The molecule has 2 amide bonds. The normalized spacial score (nSPS) is 15.8. The van der Waals surface area contributed by atoms with Gasteiger partial charge in [0.25, 0.3) is 11.1 Å². The molecule has 0 bridgehead atoms. The van der Waals surface area contributed by atoms with Gasteiger partial charge in [-0.15, -0.1) is 0 Å². The number of hydrogen-bond donors (Lipinski definition) is 2. The Morgan fingerprint density at radius 3 is 2.72 bits per heavy atom. The van der Waals surface area contributed by atoms with E-state index in [9.17, 15) is 9.59 Å². The Labute approximate surface area is 151 Å². The number of nitrogens with one attached hydrogen (secondary N) is 2. The minimum atomic E-state index is -0.412. The molecule has 1 fully saturated rings. The average Bonchev–Trinajstić information content (AvgIpc) is 3.13. The lowest BCUT2D eigenvalue weighted by atomic mass is 10.3. The first-order chi connectivity index (χ1) is 12.1. The summed E-state index contributed by atoms with van der Waals surface area (Å²) in [7, 11) is 0. The molecule has 0 saturated carbocycles. The van der Waals surface area contributed by atoms with Gasteiger partial charge < -0.3 is 5.32 Å². The van der Waals surface area contributed by atoms with Gasteiger partial charge in [-0.3, -0.25) is 14.9 Å². The van der Waals surface area contributed by atoms with Crippen molar-refractivity contribution >= 4 is 57.7 Å². The van der Waals surface area contributed by atoms with Crippen molar-refractivity contribution in [3.8, 4) is 0 Å². The van der Waals surface area contributed by atoms with Gasteiger partial charge in [0.1, 0.15) is 5.82 Å². The maximum atomic E-state index is 11.7. The Bertz CT molecular complexity index is 1030. The van der Waals surface area contributed by atoms with Crippen LogP contribution in [0, 0.1) is 0 Å². The largest absolute Gasteiger partial charge is 0.340 e. The molecule has 0 atom stereocenters. The van der Waals surface area contributed by atoms with Crippen LogP contribution in [0.25, 0.3) is 11.7 Å². The molecule has 9 heteroatoms. The molecule has 1 saturated heterocycles. The Morgan fingerprint density at radius 2 is 2.00 bits per heavy atom. The fourth-order valence-corrected chi connectivity index (χ4v) is 3.10. The van der Waals surface area contributed by atoms with Gasteiger partial charge in [0, 0.05) is 22.5 Å². The monoisotopic (exact) mass is 371 g/mol. The van der Waals surface area contributed by atoms with E-state index in [0.29, 0.717) is 27.0 Å². The van der Waals surface area contributed by atoms with Crippen molar-refractivity contribution in [2.45, 2.75) is 0 Å². The van der Waals surface area contributed by atoms with Crippen LogP contribution >= 0.6 is 23.4 Å². The zero-order valence-corrected chi connectivity index (χ0v) is 14.1. The van der Waals surface area contributed by atoms with E-state index in [1.165, 1.54) is 0 Å². The molecular formula is C16H10ClN5O2S. The molecule has 3 heterocycles. The van der Waals surface area contributed by atoms with Gasteiger partial charge in [0.2, 0.25) is 0 Å². The molecule has 2 N–H and O–H groups in total. The lowest BCUT2D eigenvalue weighted by molar-refractivity contribution is -0.115. The summed E-state index contributed by atoms with van der Waals surface area (Å²) in [6, 6.07) is 9.04. The van der Waals surface area contributed by atoms with Crippen LogP contribution in [0.1, 0.15) is 5.56 Å². The molecule has 0 unspecified atom stereocenters. The van der Waals surface area contributed by atoms with Crippen LogP contribution < -0.4 is 10.6 Å². The second-order valence-corrected chi connectivity index (χ2v) is 6.62. The summed E-state index contributed by atoms with van der Waals surface area (Å²) in [6.45, 7) is 0. The van der Waals surface area contributed by atoms with E-state index in [1.54, 1.807) is 41.2 Å². The summed E-state index contributed by atoms with van der Waals surface area (Å²) >= 11 is 6.74. The number of nitrogens with zero attached hydrogens (tertiary/aromatic N) is 3. The Kier molecular flexibility index (Phi) is 3.90. The van der Waals surface area contributed by atoms with Gasteiger partial charge in [-0.05, 0) is 48.2 Å². The van der Waals surface area contributed by atoms with Crippen LogP contribution in [-0.4, -0.2) is 25.7 Å². The molecule has 4 rings (SSSR count). The number of imide groups is 1. The van der Waals surface area contributed by atoms with E-state index >= 15 is 0 Å². The smallest absolute Gasteiger partial charge is 0.290 e. The number of thioether (sulfide) groups is 1. The third kappa shape index (κ3) is 3.21. The van der Waals surface area contributed by atoms with Gasteiger partial charge >= 0.3 is 0 Å². The van der Waals surface area contributed by atoms with Gasteiger partial charge in [0.05, 0.1) is 11.1 Å². The molecule has 3 aromatic rings. The topological polar surface area (TPSA) is 88.4 Å². The minimum absolute atomic E-state index is 0.317. The zero-order valence-electron chi connectivity index (χ0n) is 12.6. The standard InChI is InChI=1S/C16H10ClN5O2S/c17-10-1-3-11(4-2-10)19-13-5-6-22-14(20-13)9(8-18-22)7-12-15(23)21-16(24)25-12/h1-8H,(H,19,20)(H,21,23,24)/b12-7-. The minimum Gasteiger partial charge on any atom is -0.340 e. The molecule has 0 aliphatic carbocycles. The van der Waals surface area contributed by atoms with Gasteiger partial charge in [-0.2, -0.15) is 5.10 Å². The summed E-state index contributed by atoms with van der Waals surface area (Å²) in [5.74, 6) is 0.208. The fourth-order valence-electron chi connectivity index (χ4n) is 2.30. The van der Waals surface area contributed by atoms with E-state index in [2.05, 4.69) is 20.7 Å². The summed E-state index contributed by atoms with van der Waals surface area (Å²) in [5, 5.41) is 9.87. The van der Waals surface area contributed by atoms with Crippen LogP contribution in [0.4, 0.5) is 16.3 Å². The number of carbonyl (C=O) groups is 2. The quantitative estimate of drug-likeness (QED) is 0.685. The lowest BCUT2D eigenvalue weighted by Gasteiger charge is -2.06. The number of halogens is 1.